The molecule has 2 rings (SSSR count). The topological polar surface area (TPSA) is 49.8 Å². The van der Waals surface area contributed by atoms with Crippen molar-refractivity contribution in [3.63, 3.8) is 0 Å². The number of rotatable bonds is 7. The van der Waals surface area contributed by atoms with Gasteiger partial charge in [0.25, 0.3) is 0 Å². The highest BCUT2D eigenvalue weighted by molar-refractivity contribution is 7.98. The first kappa shape index (κ1) is 13.5. The Labute approximate surface area is 113 Å². The van der Waals surface area contributed by atoms with E-state index >= 15 is 0 Å². The SMILES string of the molecule is CCNc1cc(NC(C)CSC)nc(C2CC2)n1. The average Bonchev–Trinajstić information content (AvgIpc) is 3.13. The zero-order chi connectivity index (χ0) is 13.0. The zero-order valence-electron chi connectivity index (χ0n) is 11.4. The minimum Gasteiger partial charge on any atom is -0.370 e. The third-order valence-corrected chi connectivity index (χ3v) is 3.69. The Hall–Kier alpha value is -0.970. The Morgan fingerprint density at radius 1 is 1.39 bits per heavy atom. The third kappa shape index (κ3) is 3.77. The van der Waals surface area contributed by atoms with E-state index in [2.05, 4.69) is 40.7 Å². The predicted octanol–water partition coefficient (Wildman–Crippen LogP) is 2.95. The van der Waals surface area contributed by atoms with Crippen LogP contribution in [0.5, 0.6) is 0 Å². The number of anilines is 2. The molecule has 2 N–H and O–H groups in total. The van der Waals surface area contributed by atoms with Gasteiger partial charge in [0.1, 0.15) is 17.5 Å². The van der Waals surface area contributed by atoms with E-state index in [1.165, 1.54) is 12.8 Å². The second kappa shape index (κ2) is 6.27. The number of hydrogen-bond donors (Lipinski definition) is 2. The summed E-state index contributed by atoms with van der Waals surface area (Å²) in [7, 11) is 0. The van der Waals surface area contributed by atoms with Crippen LogP contribution in [0.25, 0.3) is 0 Å². The fourth-order valence-corrected chi connectivity index (χ4v) is 2.46. The molecule has 5 heteroatoms. The largest absolute Gasteiger partial charge is 0.370 e. The highest BCUT2D eigenvalue weighted by atomic mass is 32.2. The summed E-state index contributed by atoms with van der Waals surface area (Å²) in [5.41, 5.74) is 0. The van der Waals surface area contributed by atoms with Crippen molar-refractivity contribution < 1.29 is 0 Å². The van der Waals surface area contributed by atoms with E-state index in [-0.39, 0.29) is 0 Å². The molecule has 1 saturated carbocycles. The second-order valence-corrected chi connectivity index (χ2v) is 5.71. The lowest BCUT2D eigenvalue weighted by Crippen LogP contribution is -2.19. The van der Waals surface area contributed by atoms with Crippen LogP contribution in [0.3, 0.4) is 0 Å². The minimum absolute atomic E-state index is 0.427. The molecule has 1 fully saturated rings. The van der Waals surface area contributed by atoms with Gasteiger partial charge in [0.15, 0.2) is 0 Å². The highest BCUT2D eigenvalue weighted by Gasteiger charge is 2.27. The molecule has 100 valence electrons. The van der Waals surface area contributed by atoms with Gasteiger partial charge >= 0.3 is 0 Å². The van der Waals surface area contributed by atoms with Crippen molar-refractivity contribution in [3.05, 3.63) is 11.9 Å². The van der Waals surface area contributed by atoms with Crippen molar-refractivity contribution in [1.82, 2.24) is 9.97 Å². The molecule has 0 radical (unpaired) electrons. The molecule has 1 aromatic heterocycles. The molecule has 0 bridgehead atoms. The standard InChI is InChI=1S/C13H22N4S/c1-4-14-11-7-12(15-9(2)8-18-3)17-13(16-11)10-5-6-10/h7,9-10H,4-6,8H2,1-3H3,(H2,14,15,16,17). The second-order valence-electron chi connectivity index (χ2n) is 4.80. The molecule has 18 heavy (non-hydrogen) atoms. The lowest BCUT2D eigenvalue weighted by molar-refractivity contribution is 0.873. The number of thioether (sulfide) groups is 1. The van der Waals surface area contributed by atoms with Crippen LogP contribution in [0.4, 0.5) is 11.6 Å². The minimum atomic E-state index is 0.427. The molecule has 0 saturated heterocycles. The first-order chi connectivity index (χ1) is 8.72. The Morgan fingerprint density at radius 2 is 2.11 bits per heavy atom. The Morgan fingerprint density at radius 3 is 2.72 bits per heavy atom. The van der Waals surface area contributed by atoms with Crippen molar-refractivity contribution in [2.24, 2.45) is 0 Å². The van der Waals surface area contributed by atoms with Crippen LogP contribution in [0.15, 0.2) is 6.07 Å². The maximum Gasteiger partial charge on any atom is 0.136 e. The quantitative estimate of drug-likeness (QED) is 0.794. The van der Waals surface area contributed by atoms with Crippen molar-refractivity contribution >= 4 is 23.4 Å². The molecule has 0 aromatic carbocycles. The van der Waals surface area contributed by atoms with Crippen LogP contribution in [-0.4, -0.2) is 34.6 Å². The van der Waals surface area contributed by atoms with Gasteiger partial charge in [-0.2, -0.15) is 11.8 Å². The van der Waals surface area contributed by atoms with Gasteiger partial charge in [0.05, 0.1) is 0 Å². The maximum absolute atomic E-state index is 4.63. The van der Waals surface area contributed by atoms with Gasteiger partial charge in [0, 0.05) is 30.3 Å². The smallest absolute Gasteiger partial charge is 0.136 e. The Kier molecular flexibility index (Phi) is 4.69. The summed E-state index contributed by atoms with van der Waals surface area (Å²) in [4.78, 5) is 9.20. The van der Waals surface area contributed by atoms with Gasteiger partial charge < -0.3 is 10.6 Å². The molecule has 0 aliphatic heterocycles. The fraction of sp³-hybridized carbons (Fsp3) is 0.692. The molecular formula is C13H22N4S. The summed E-state index contributed by atoms with van der Waals surface area (Å²) in [5, 5.41) is 6.73. The molecule has 1 heterocycles. The maximum atomic E-state index is 4.63. The molecule has 1 aromatic rings. The third-order valence-electron chi connectivity index (χ3n) is 2.85. The van der Waals surface area contributed by atoms with Gasteiger partial charge in [-0.1, -0.05) is 0 Å². The van der Waals surface area contributed by atoms with E-state index in [4.69, 9.17) is 0 Å². The van der Waals surface area contributed by atoms with Gasteiger partial charge in [-0.3, -0.25) is 0 Å². The fourth-order valence-electron chi connectivity index (χ4n) is 1.88. The van der Waals surface area contributed by atoms with Crippen LogP contribution in [0.1, 0.15) is 38.4 Å². The molecule has 1 aliphatic rings. The van der Waals surface area contributed by atoms with E-state index in [1.54, 1.807) is 0 Å². The van der Waals surface area contributed by atoms with E-state index in [9.17, 15) is 0 Å². The van der Waals surface area contributed by atoms with Crippen LogP contribution in [0.2, 0.25) is 0 Å². The van der Waals surface area contributed by atoms with Crippen LogP contribution < -0.4 is 10.6 Å². The van der Waals surface area contributed by atoms with E-state index in [1.807, 2.05) is 17.8 Å². The van der Waals surface area contributed by atoms with E-state index in [0.717, 1.165) is 29.8 Å². The number of hydrogen-bond acceptors (Lipinski definition) is 5. The molecule has 4 nitrogen and oxygen atoms in total. The van der Waals surface area contributed by atoms with Crippen molar-refractivity contribution in [2.75, 3.05) is 29.2 Å². The number of aromatic nitrogens is 2. The Bertz CT molecular complexity index is 393. The highest BCUT2D eigenvalue weighted by Crippen LogP contribution is 2.38. The monoisotopic (exact) mass is 266 g/mol. The summed E-state index contributed by atoms with van der Waals surface area (Å²) < 4.78 is 0. The van der Waals surface area contributed by atoms with Gasteiger partial charge in [0.2, 0.25) is 0 Å². The summed E-state index contributed by atoms with van der Waals surface area (Å²) in [5.74, 6) is 4.55. The van der Waals surface area contributed by atoms with Gasteiger partial charge in [-0.15, -0.1) is 0 Å². The van der Waals surface area contributed by atoms with Crippen LogP contribution >= 0.6 is 11.8 Å². The van der Waals surface area contributed by atoms with Gasteiger partial charge in [-0.25, -0.2) is 9.97 Å². The number of nitrogens with zero attached hydrogens (tertiary/aromatic N) is 2. The average molecular weight is 266 g/mol. The summed E-state index contributed by atoms with van der Waals surface area (Å²) in [6.45, 7) is 5.16. The molecule has 1 unspecified atom stereocenters. The molecule has 0 amide bonds. The lowest BCUT2D eigenvalue weighted by atomic mass is 10.3. The number of nitrogens with one attached hydrogen (secondary N) is 2. The Balaban J connectivity index is 2.11. The zero-order valence-corrected chi connectivity index (χ0v) is 12.2. The van der Waals surface area contributed by atoms with Crippen molar-refractivity contribution in [3.8, 4) is 0 Å². The van der Waals surface area contributed by atoms with E-state index < -0.39 is 0 Å². The van der Waals surface area contributed by atoms with Crippen molar-refractivity contribution in [2.45, 2.75) is 38.6 Å². The molecular weight excluding hydrogens is 244 g/mol. The summed E-state index contributed by atoms with van der Waals surface area (Å²) in [6, 6.07) is 2.43. The summed E-state index contributed by atoms with van der Waals surface area (Å²) in [6.07, 6.45) is 4.59. The van der Waals surface area contributed by atoms with Crippen LogP contribution in [0, 0.1) is 0 Å². The van der Waals surface area contributed by atoms with Crippen molar-refractivity contribution in [1.29, 1.82) is 0 Å². The molecule has 1 aliphatic carbocycles. The van der Waals surface area contributed by atoms with E-state index in [0.29, 0.717) is 12.0 Å². The molecule has 1 atom stereocenters. The first-order valence-corrected chi connectivity index (χ1v) is 8.00. The van der Waals surface area contributed by atoms with Crippen LogP contribution in [-0.2, 0) is 0 Å². The molecule has 0 spiro atoms. The summed E-state index contributed by atoms with van der Waals surface area (Å²) >= 11 is 1.84. The first-order valence-electron chi connectivity index (χ1n) is 6.61. The predicted molar refractivity (Wildman–Crippen MR) is 79.6 cm³/mol. The normalized spacial score (nSPS) is 16.4. The lowest BCUT2D eigenvalue weighted by Gasteiger charge is -2.15. The van der Waals surface area contributed by atoms with Gasteiger partial charge in [-0.05, 0) is 32.9 Å².